The molecule has 1 aromatic carbocycles. The first-order chi connectivity index (χ1) is 9.19. The van der Waals surface area contributed by atoms with Crippen LogP contribution in [0.3, 0.4) is 0 Å². The van der Waals surface area contributed by atoms with Crippen LogP contribution in [-0.2, 0) is 11.3 Å². The van der Waals surface area contributed by atoms with E-state index in [-0.39, 0.29) is 0 Å². The number of likely N-dealkylation sites (tertiary alicyclic amines) is 1. The van der Waals surface area contributed by atoms with E-state index >= 15 is 0 Å². The number of nitrogen functional groups attached to an aromatic ring is 1. The number of nitrogens with two attached hydrogens (primary N) is 1. The summed E-state index contributed by atoms with van der Waals surface area (Å²) >= 11 is 0. The third-order valence-corrected chi connectivity index (χ3v) is 3.76. The molecule has 106 valence electrons. The highest BCUT2D eigenvalue weighted by Crippen LogP contribution is 2.18. The Morgan fingerprint density at radius 3 is 3.00 bits per heavy atom. The van der Waals surface area contributed by atoms with Gasteiger partial charge in [0.2, 0.25) is 0 Å². The average molecular weight is 262 g/mol. The van der Waals surface area contributed by atoms with E-state index in [0.717, 1.165) is 31.8 Å². The van der Waals surface area contributed by atoms with Crippen LogP contribution in [0.1, 0.15) is 37.3 Å². The zero-order valence-corrected chi connectivity index (χ0v) is 12.2. The summed E-state index contributed by atoms with van der Waals surface area (Å²) in [5.74, 6) is 0. The van der Waals surface area contributed by atoms with Crippen LogP contribution in [0.5, 0.6) is 0 Å². The molecule has 0 aromatic heterocycles. The molecule has 0 aliphatic carbocycles. The van der Waals surface area contributed by atoms with Crippen LogP contribution in [0, 0.1) is 6.92 Å². The molecule has 1 heterocycles. The number of aryl methyl sites for hydroxylation is 1. The minimum atomic E-state index is 0.420. The summed E-state index contributed by atoms with van der Waals surface area (Å²) in [5, 5.41) is 0. The molecule has 19 heavy (non-hydrogen) atoms. The maximum Gasteiger partial charge on any atom is 0.0702 e. The second kappa shape index (κ2) is 6.92. The number of piperidine rings is 1. The monoisotopic (exact) mass is 262 g/mol. The minimum absolute atomic E-state index is 0.420. The van der Waals surface area contributed by atoms with Crippen molar-refractivity contribution < 1.29 is 4.74 Å². The van der Waals surface area contributed by atoms with Gasteiger partial charge in [0.1, 0.15) is 0 Å². The second-order valence-corrected chi connectivity index (χ2v) is 5.56. The molecule has 1 aliphatic rings. The van der Waals surface area contributed by atoms with Gasteiger partial charge < -0.3 is 10.5 Å². The van der Waals surface area contributed by atoms with Crippen molar-refractivity contribution in [2.75, 3.05) is 25.4 Å². The Labute approximate surface area is 116 Å². The summed E-state index contributed by atoms with van der Waals surface area (Å²) in [7, 11) is 0. The van der Waals surface area contributed by atoms with Gasteiger partial charge in [0.25, 0.3) is 0 Å². The Morgan fingerprint density at radius 2 is 2.26 bits per heavy atom. The van der Waals surface area contributed by atoms with Crippen molar-refractivity contribution in [3.05, 3.63) is 29.3 Å². The van der Waals surface area contributed by atoms with Crippen molar-refractivity contribution in [2.24, 2.45) is 0 Å². The van der Waals surface area contributed by atoms with Gasteiger partial charge in [-0.3, -0.25) is 4.90 Å². The molecule has 1 fully saturated rings. The van der Waals surface area contributed by atoms with Crippen molar-refractivity contribution in [1.29, 1.82) is 0 Å². The van der Waals surface area contributed by atoms with Gasteiger partial charge in [0.15, 0.2) is 0 Å². The zero-order chi connectivity index (χ0) is 13.7. The molecule has 0 bridgehead atoms. The lowest BCUT2D eigenvalue weighted by Gasteiger charge is -2.32. The van der Waals surface area contributed by atoms with Crippen LogP contribution >= 0.6 is 0 Å². The summed E-state index contributed by atoms with van der Waals surface area (Å²) < 4.78 is 5.88. The Hall–Kier alpha value is -1.06. The van der Waals surface area contributed by atoms with E-state index in [9.17, 15) is 0 Å². The molecule has 0 radical (unpaired) electrons. The van der Waals surface area contributed by atoms with Crippen LogP contribution in [0.15, 0.2) is 18.2 Å². The fraction of sp³-hybridized carbons (Fsp3) is 0.625. The molecule has 0 saturated carbocycles. The Balaban J connectivity index is 1.89. The molecule has 1 aliphatic heterocycles. The molecular formula is C16H26N2O. The number of rotatable bonds is 5. The standard InChI is InChI=1S/C16H26N2O/c1-3-9-19-15-5-4-8-18(12-15)11-14-6-7-16(17)13(2)10-14/h6-7,10,15H,3-5,8-9,11-12,17H2,1-2H3. The summed E-state index contributed by atoms with van der Waals surface area (Å²) in [4.78, 5) is 2.49. The van der Waals surface area contributed by atoms with Gasteiger partial charge in [-0.1, -0.05) is 19.1 Å². The van der Waals surface area contributed by atoms with Crippen LogP contribution in [-0.4, -0.2) is 30.7 Å². The highest BCUT2D eigenvalue weighted by Gasteiger charge is 2.20. The first-order valence-electron chi connectivity index (χ1n) is 7.38. The number of benzene rings is 1. The lowest BCUT2D eigenvalue weighted by atomic mass is 10.1. The van der Waals surface area contributed by atoms with Gasteiger partial charge in [-0.15, -0.1) is 0 Å². The maximum atomic E-state index is 5.88. The van der Waals surface area contributed by atoms with Crippen molar-refractivity contribution in [3.63, 3.8) is 0 Å². The van der Waals surface area contributed by atoms with Crippen molar-refractivity contribution in [1.82, 2.24) is 4.90 Å². The van der Waals surface area contributed by atoms with E-state index in [1.165, 1.54) is 30.5 Å². The number of ether oxygens (including phenoxy) is 1. The highest BCUT2D eigenvalue weighted by molar-refractivity contribution is 5.47. The third-order valence-electron chi connectivity index (χ3n) is 3.76. The molecule has 1 saturated heterocycles. The van der Waals surface area contributed by atoms with Gasteiger partial charge in [0, 0.05) is 25.4 Å². The number of anilines is 1. The predicted molar refractivity (Wildman–Crippen MR) is 80.1 cm³/mol. The summed E-state index contributed by atoms with van der Waals surface area (Å²) in [6, 6.07) is 6.35. The first-order valence-corrected chi connectivity index (χ1v) is 7.38. The van der Waals surface area contributed by atoms with E-state index in [1.807, 2.05) is 6.07 Å². The lowest BCUT2D eigenvalue weighted by molar-refractivity contribution is -0.00222. The molecular weight excluding hydrogens is 236 g/mol. The molecule has 1 unspecified atom stereocenters. The van der Waals surface area contributed by atoms with Gasteiger partial charge in [0.05, 0.1) is 6.10 Å². The molecule has 3 heteroatoms. The Morgan fingerprint density at radius 1 is 1.42 bits per heavy atom. The SMILES string of the molecule is CCCOC1CCCN(Cc2ccc(N)c(C)c2)C1. The van der Waals surface area contributed by atoms with E-state index < -0.39 is 0 Å². The molecule has 1 aromatic rings. The third kappa shape index (κ3) is 4.22. The van der Waals surface area contributed by atoms with Crippen LogP contribution in [0.25, 0.3) is 0 Å². The molecule has 2 rings (SSSR count). The molecule has 3 nitrogen and oxygen atoms in total. The Bertz CT molecular complexity index is 406. The topological polar surface area (TPSA) is 38.5 Å². The van der Waals surface area contributed by atoms with Gasteiger partial charge in [-0.05, 0) is 49.9 Å². The second-order valence-electron chi connectivity index (χ2n) is 5.56. The smallest absolute Gasteiger partial charge is 0.0702 e. The normalized spacial score (nSPS) is 20.6. The fourth-order valence-corrected chi connectivity index (χ4v) is 2.67. The van der Waals surface area contributed by atoms with Crippen LogP contribution < -0.4 is 5.73 Å². The molecule has 2 N–H and O–H groups in total. The summed E-state index contributed by atoms with van der Waals surface area (Å²) in [6.07, 6.45) is 3.97. The van der Waals surface area contributed by atoms with E-state index in [0.29, 0.717) is 6.10 Å². The van der Waals surface area contributed by atoms with Crippen molar-refractivity contribution >= 4 is 5.69 Å². The van der Waals surface area contributed by atoms with Crippen LogP contribution in [0.4, 0.5) is 5.69 Å². The number of nitrogens with zero attached hydrogens (tertiary/aromatic N) is 1. The molecule has 0 amide bonds. The van der Waals surface area contributed by atoms with E-state index in [4.69, 9.17) is 10.5 Å². The summed E-state index contributed by atoms with van der Waals surface area (Å²) in [5.41, 5.74) is 9.27. The van der Waals surface area contributed by atoms with Crippen LogP contribution in [0.2, 0.25) is 0 Å². The van der Waals surface area contributed by atoms with E-state index in [2.05, 4.69) is 30.9 Å². The lowest BCUT2D eigenvalue weighted by Crippen LogP contribution is -2.39. The average Bonchev–Trinajstić information content (AvgIpc) is 2.41. The quantitative estimate of drug-likeness (QED) is 0.829. The number of hydrogen-bond donors (Lipinski definition) is 1. The van der Waals surface area contributed by atoms with Gasteiger partial charge in [-0.25, -0.2) is 0 Å². The largest absolute Gasteiger partial charge is 0.399 e. The molecule has 1 atom stereocenters. The number of hydrogen-bond acceptors (Lipinski definition) is 3. The van der Waals surface area contributed by atoms with E-state index in [1.54, 1.807) is 0 Å². The first kappa shape index (κ1) is 14.4. The zero-order valence-electron chi connectivity index (χ0n) is 12.2. The Kier molecular flexibility index (Phi) is 5.23. The van der Waals surface area contributed by atoms with Crippen molar-refractivity contribution in [2.45, 2.75) is 45.8 Å². The molecule has 0 spiro atoms. The minimum Gasteiger partial charge on any atom is -0.399 e. The fourth-order valence-electron chi connectivity index (χ4n) is 2.67. The van der Waals surface area contributed by atoms with Gasteiger partial charge >= 0.3 is 0 Å². The predicted octanol–water partition coefficient (Wildman–Crippen LogP) is 2.97. The summed E-state index contributed by atoms with van der Waals surface area (Å²) in [6.45, 7) is 8.37. The van der Waals surface area contributed by atoms with Crippen molar-refractivity contribution in [3.8, 4) is 0 Å². The van der Waals surface area contributed by atoms with Gasteiger partial charge in [-0.2, -0.15) is 0 Å². The highest BCUT2D eigenvalue weighted by atomic mass is 16.5. The maximum absolute atomic E-state index is 5.88.